The van der Waals surface area contributed by atoms with Crippen molar-refractivity contribution >= 4 is 52.5 Å². The van der Waals surface area contributed by atoms with Gasteiger partial charge < -0.3 is 10.6 Å². The molecule has 3 aromatic rings. The van der Waals surface area contributed by atoms with E-state index in [-0.39, 0.29) is 34.3 Å². The van der Waals surface area contributed by atoms with Crippen LogP contribution in [0.25, 0.3) is 0 Å². The predicted molar refractivity (Wildman–Crippen MR) is 128 cm³/mol. The number of hydrogen-bond acceptors (Lipinski definition) is 5. The van der Waals surface area contributed by atoms with Crippen LogP contribution in [0.1, 0.15) is 41.6 Å². The summed E-state index contributed by atoms with van der Waals surface area (Å²) in [6.07, 6.45) is 0. The summed E-state index contributed by atoms with van der Waals surface area (Å²) in [6.45, 7) is 5.45. The topological polar surface area (TPSA) is 99.8 Å². The van der Waals surface area contributed by atoms with Crippen molar-refractivity contribution in [3.63, 3.8) is 0 Å². The minimum absolute atomic E-state index is 0.00919. The first-order valence-electron chi connectivity index (χ1n) is 10.0. The van der Waals surface area contributed by atoms with Crippen LogP contribution in [0.15, 0.2) is 41.6 Å². The van der Waals surface area contributed by atoms with E-state index in [1.54, 1.807) is 25.1 Å². The van der Waals surface area contributed by atoms with Gasteiger partial charge in [0.2, 0.25) is 11.1 Å². The van der Waals surface area contributed by atoms with Crippen molar-refractivity contribution in [2.75, 3.05) is 11.1 Å². The Labute approximate surface area is 204 Å². The number of carbonyl (C=O) groups is 2. The van der Waals surface area contributed by atoms with Gasteiger partial charge in [-0.1, -0.05) is 54.9 Å². The molecule has 11 heteroatoms. The van der Waals surface area contributed by atoms with Gasteiger partial charge in [0.25, 0.3) is 5.91 Å². The van der Waals surface area contributed by atoms with E-state index in [0.29, 0.717) is 32.8 Å². The third-order valence-electron chi connectivity index (χ3n) is 4.78. The Bertz CT molecular complexity index is 1170. The molecule has 7 nitrogen and oxygen atoms in total. The predicted octanol–water partition coefficient (Wildman–Crippen LogP) is 5.42. The number of H-pyrrole nitrogens is 1. The molecule has 174 valence electrons. The number of aromatic nitrogens is 3. The number of hydrogen-bond donors (Lipinski definition) is 3. The van der Waals surface area contributed by atoms with E-state index in [1.165, 1.54) is 18.2 Å². The van der Waals surface area contributed by atoms with Crippen molar-refractivity contribution in [2.45, 2.75) is 32.0 Å². The Morgan fingerprint density at radius 1 is 1.21 bits per heavy atom. The monoisotopic (exact) mass is 509 g/mol. The van der Waals surface area contributed by atoms with E-state index < -0.39 is 6.04 Å². The van der Waals surface area contributed by atoms with E-state index >= 15 is 0 Å². The van der Waals surface area contributed by atoms with Crippen LogP contribution in [0, 0.1) is 18.7 Å². The smallest absolute Gasteiger partial charge is 0.253 e. The molecule has 0 fully saturated rings. The van der Waals surface area contributed by atoms with Gasteiger partial charge in [0, 0.05) is 16.3 Å². The average molecular weight is 510 g/mol. The summed E-state index contributed by atoms with van der Waals surface area (Å²) in [6, 6.07) is 8.68. The second-order valence-corrected chi connectivity index (χ2v) is 9.36. The minimum Gasteiger partial charge on any atom is -0.342 e. The summed E-state index contributed by atoms with van der Waals surface area (Å²) in [7, 11) is 0. The molecule has 1 heterocycles. The van der Waals surface area contributed by atoms with Crippen molar-refractivity contribution in [3.8, 4) is 0 Å². The van der Waals surface area contributed by atoms with Gasteiger partial charge in [-0.2, -0.15) is 0 Å². The van der Waals surface area contributed by atoms with Gasteiger partial charge >= 0.3 is 0 Å². The van der Waals surface area contributed by atoms with E-state index in [4.69, 9.17) is 23.2 Å². The number of nitrogens with zero attached hydrogens (tertiary/aromatic N) is 2. The van der Waals surface area contributed by atoms with Crippen LogP contribution in [0.5, 0.6) is 0 Å². The summed E-state index contributed by atoms with van der Waals surface area (Å²) >= 11 is 13.2. The number of nitrogens with one attached hydrogen (secondary N) is 3. The molecule has 2 aromatic carbocycles. The fourth-order valence-electron chi connectivity index (χ4n) is 2.96. The number of carbonyl (C=O) groups excluding carboxylic acids is 2. The molecule has 1 atom stereocenters. The van der Waals surface area contributed by atoms with Crippen molar-refractivity contribution in [2.24, 2.45) is 5.92 Å². The van der Waals surface area contributed by atoms with Gasteiger partial charge in [-0.15, -0.1) is 5.10 Å². The Kier molecular flexibility index (Phi) is 8.34. The quantitative estimate of drug-likeness (QED) is 0.352. The Hall–Kier alpha value is -2.62. The molecule has 0 unspecified atom stereocenters. The highest BCUT2D eigenvalue weighted by Gasteiger charge is 2.24. The molecule has 3 N–H and O–H groups in total. The molecule has 0 aliphatic carbocycles. The standard InChI is InChI=1S/C22H22Cl2FN5O2S/c1-11(2)19(27-21(32)14-8-7-13(23)9-15(14)24)20-28-22(30-29-20)33-10-18(31)26-17-6-4-5-16(25)12(17)3/h4-9,11,19H,10H2,1-3H3,(H,26,31)(H,27,32)(H,28,29,30)/t19-/m0/s1. The summed E-state index contributed by atoms with van der Waals surface area (Å²) in [5.41, 5.74) is 1.08. The molecule has 0 bridgehead atoms. The Morgan fingerprint density at radius 3 is 2.67 bits per heavy atom. The van der Waals surface area contributed by atoms with Gasteiger partial charge in [-0.05, 0) is 43.2 Å². The lowest BCUT2D eigenvalue weighted by Gasteiger charge is -2.20. The fourth-order valence-corrected chi connectivity index (χ4v) is 4.06. The van der Waals surface area contributed by atoms with Crippen molar-refractivity contribution in [1.82, 2.24) is 20.5 Å². The largest absolute Gasteiger partial charge is 0.342 e. The van der Waals surface area contributed by atoms with Crippen LogP contribution in [0.4, 0.5) is 10.1 Å². The molecule has 0 aliphatic heterocycles. The number of anilines is 1. The van der Waals surface area contributed by atoms with E-state index in [9.17, 15) is 14.0 Å². The summed E-state index contributed by atoms with van der Waals surface area (Å²) in [5, 5.41) is 13.6. The Balaban J connectivity index is 1.63. The number of benzene rings is 2. The van der Waals surface area contributed by atoms with Crippen LogP contribution in [0.2, 0.25) is 10.0 Å². The molecule has 33 heavy (non-hydrogen) atoms. The highest BCUT2D eigenvalue weighted by molar-refractivity contribution is 7.99. The zero-order valence-electron chi connectivity index (χ0n) is 18.1. The normalized spacial score (nSPS) is 12.0. The first-order valence-corrected chi connectivity index (χ1v) is 11.8. The van der Waals surface area contributed by atoms with Gasteiger partial charge in [-0.3, -0.25) is 14.7 Å². The Morgan fingerprint density at radius 2 is 1.97 bits per heavy atom. The molecule has 0 aliphatic rings. The number of rotatable bonds is 8. The molecule has 2 amide bonds. The lowest BCUT2D eigenvalue weighted by Crippen LogP contribution is -2.32. The fraction of sp³-hybridized carbons (Fsp3) is 0.273. The highest BCUT2D eigenvalue weighted by Crippen LogP contribution is 2.25. The molecule has 0 spiro atoms. The summed E-state index contributed by atoms with van der Waals surface area (Å²) in [5.74, 6) is -0.596. The molecular formula is C22H22Cl2FN5O2S. The van der Waals surface area contributed by atoms with E-state index in [1.807, 2.05) is 13.8 Å². The minimum atomic E-state index is -0.463. The number of thioether (sulfide) groups is 1. The number of aromatic amines is 1. The maximum atomic E-state index is 13.6. The molecule has 3 rings (SSSR count). The van der Waals surface area contributed by atoms with Gasteiger partial charge in [0.1, 0.15) is 11.6 Å². The maximum Gasteiger partial charge on any atom is 0.253 e. The van der Waals surface area contributed by atoms with Crippen LogP contribution < -0.4 is 10.6 Å². The SMILES string of the molecule is Cc1c(F)cccc1NC(=O)CSc1n[nH]c([C@@H](NC(=O)c2ccc(Cl)cc2Cl)C(C)C)n1. The van der Waals surface area contributed by atoms with Crippen molar-refractivity contribution < 1.29 is 14.0 Å². The lowest BCUT2D eigenvalue weighted by atomic mass is 10.0. The summed E-state index contributed by atoms with van der Waals surface area (Å²) in [4.78, 5) is 29.4. The van der Waals surface area contributed by atoms with E-state index in [2.05, 4.69) is 25.8 Å². The first kappa shape index (κ1) is 25.0. The highest BCUT2D eigenvalue weighted by atomic mass is 35.5. The average Bonchev–Trinajstić information content (AvgIpc) is 3.22. The molecule has 0 radical (unpaired) electrons. The third-order valence-corrected chi connectivity index (χ3v) is 6.18. The second-order valence-electron chi connectivity index (χ2n) is 7.57. The lowest BCUT2D eigenvalue weighted by molar-refractivity contribution is -0.113. The van der Waals surface area contributed by atoms with Gasteiger partial charge in [0.05, 0.1) is 22.4 Å². The summed E-state index contributed by atoms with van der Waals surface area (Å²) < 4.78 is 13.6. The molecule has 1 aromatic heterocycles. The number of amides is 2. The van der Waals surface area contributed by atoms with Crippen molar-refractivity contribution in [3.05, 3.63) is 69.2 Å². The zero-order chi connectivity index (χ0) is 24.1. The second kappa shape index (κ2) is 11.0. The van der Waals surface area contributed by atoms with Crippen LogP contribution >= 0.6 is 35.0 Å². The number of halogens is 3. The van der Waals surface area contributed by atoms with Crippen LogP contribution in [0.3, 0.4) is 0 Å². The van der Waals surface area contributed by atoms with Crippen molar-refractivity contribution in [1.29, 1.82) is 0 Å². The molecule has 0 saturated carbocycles. The van der Waals surface area contributed by atoms with Crippen LogP contribution in [-0.4, -0.2) is 32.7 Å². The third kappa shape index (κ3) is 6.46. The van der Waals surface area contributed by atoms with Gasteiger partial charge in [0.15, 0.2) is 0 Å². The first-order chi connectivity index (χ1) is 15.7. The zero-order valence-corrected chi connectivity index (χ0v) is 20.4. The van der Waals surface area contributed by atoms with E-state index in [0.717, 1.165) is 11.8 Å². The molecular weight excluding hydrogens is 488 g/mol. The van der Waals surface area contributed by atoms with Gasteiger partial charge in [-0.25, -0.2) is 9.37 Å². The van der Waals surface area contributed by atoms with Crippen LogP contribution in [-0.2, 0) is 4.79 Å². The molecule has 0 saturated heterocycles. The maximum absolute atomic E-state index is 13.6.